The fraction of sp³-hybridized carbons (Fsp3) is 0.385. The fourth-order valence-corrected chi connectivity index (χ4v) is 4.18. The zero-order valence-electron chi connectivity index (χ0n) is 21.4. The highest BCUT2D eigenvalue weighted by atomic mass is 28.3. The second-order valence-corrected chi connectivity index (χ2v) is 15.3. The molecule has 1 amide bonds. The Hall–Kier alpha value is -3.30. The van der Waals surface area contributed by atoms with Crippen molar-refractivity contribution in [1.82, 2.24) is 19.9 Å². The topological polar surface area (TPSA) is 86.5 Å². The first-order valence-electron chi connectivity index (χ1n) is 11.7. The van der Waals surface area contributed by atoms with Crippen molar-refractivity contribution in [1.29, 1.82) is 0 Å². The first kappa shape index (κ1) is 26.3. The molecule has 0 atom stereocenters. The molecule has 0 unspecified atom stereocenters. The summed E-state index contributed by atoms with van der Waals surface area (Å²) in [5, 5.41) is 8.90. The lowest BCUT2D eigenvalue weighted by Gasteiger charge is -2.15. The molecule has 0 aliphatic heterocycles. The minimum Gasteiger partial charge on any atom is -0.461 e. The predicted molar refractivity (Wildman–Crippen MR) is 139 cm³/mol. The van der Waals surface area contributed by atoms with Gasteiger partial charge in [-0.3, -0.25) is 4.79 Å². The van der Waals surface area contributed by atoms with Crippen molar-refractivity contribution in [3.8, 4) is 22.4 Å². The summed E-state index contributed by atoms with van der Waals surface area (Å²) in [6.45, 7) is 9.48. The van der Waals surface area contributed by atoms with Gasteiger partial charge in [-0.1, -0.05) is 62.1 Å². The van der Waals surface area contributed by atoms with Crippen LogP contribution in [0.25, 0.3) is 22.4 Å². The zero-order chi connectivity index (χ0) is 25.6. The van der Waals surface area contributed by atoms with Gasteiger partial charge in [0.15, 0.2) is 12.4 Å². The van der Waals surface area contributed by atoms with Gasteiger partial charge < -0.3 is 14.4 Å². The molecule has 0 saturated heterocycles. The molecular formula is C26H34N4O4Si. The Bertz CT molecular complexity index is 1170. The largest absolute Gasteiger partial charge is 0.461 e. The van der Waals surface area contributed by atoms with Gasteiger partial charge in [-0.15, -0.1) is 5.10 Å². The van der Waals surface area contributed by atoms with Gasteiger partial charge in [0, 0.05) is 39.9 Å². The normalized spacial score (nSPS) is 11.4. The van der Waals surface area contributed by atoms with Crippen molar-refractivity contribution in [2.75, 3.05) is 27.3 Å². The molecule has 3 aromatic rings. The van der Waals surface area contributed by atoms with Crippen molar-refractivity contribution >= 4 is 20.0 Å². The number of carbonyl (C=O) groups excluding carboxylic acids is 2. The Balaban J connectivity index is 2.04. The molecule has 8 nitrogen and oxygen atoms in total. The molecule has 35 heavy (non-hydrogen) atoms. The second-order valence-electron chi connectivity index (χ2n) is 9.66. The molecule has 0 radical (unpaired) electrons. The number of hydrogen-bond donors (Lipinski definition) is 0. The molecule has 3 rings (SSSR count). The van der Waals surface area contributed by atoms with Crippen molar-refractivity contribution in [3.05, 3.63) is 59.8 Å². The zero-order valence-corrected chi connectivity index (χ0v) is 22.4. The van der Waals surface area contributed by atoms with E-state index in [0.717, 1.165) is 17.2 Å². The summed E-state index contributed by atoms with van der Waals surface area (Å²) in [4.78, 5) is 28.8. The molecule has 0 N–H and O–H groups in total. The van der Waals surface area contributed by atoms with Crippen LogP contribution in [0.2, 0.25) is 25.7 Å². The van der Waals surface area contributed by atoms with E-state index in [-0.39, 0.29) is 24.9 Å². The SMILES string of the molecule is CCOC(=O)c1nn(COCC[Si](C)(C)C)nc1-c1ccc(-c2ccccc2)cc1C(=O)N(C)C. The fourth-order valence-electron chi connectivity index (χ4n) is 3.43. The van der Waals surface area contributed by atoms with Crippen LogP contribution in [0.5, 0.6) is 0 Å². The van der Waals surface area contributed by atoms with E-state index in [9.17, 15) is 9.59 Å². The summed E-state index contributed by atoms with van der Waals surface area (Å²) in [6, 6.07) is 16.4. The summed E-state index contributed by atoms with van der Waals surface area (Å²) < 4.78 is 11.0. The minimum atomic E-state index is -1.24. The number of rotatable bonds is 10. The first-order chi connectivity index (χ1) is 16.6. The smallest absolute Gasteiger partial charge is 0.361 e. The first-order valence-corrected chi connectivity index (χ1v) is 15.4. The number of esters is 1. The van der Waals surface area contributed by atoms with E-state index in [1.165, 1.54) is 9.70 Å². The van der Waals surface area contributed by atoms with E-state index in [0.29, 0.717) is 23.4 Å². The highest BCUT2D eigenvalue weighted by Crippen LogP contribution is 2.30. The highest BCUT2D eigenvalue weighted by Gasteiger charge is 2.26. The van der Waals surface area contributed by atoms with Gasteiger partial charge in [0.1, 0.15) is 5.69 Å². The van der Waals surface area contributed by atoms with E-state index < -0.39 is 14.0 Å². The lowest BCUT2D eigenvalue weighted by atomic mass is 9.96. The van der Waals surface area contributed by atoms with Crippen LogP contribution < -0.4 is 0 Å². The monoisotopic (exact) mass is 494 g/mol. The molecule has 0 aliphatic carbocycles. The number of ether oxygens (including phenoxy) is 2. The third kappa shape index (κ3) is 6.86. The van der Waals surface area contributed by atoms with Crippen LogP contribution in [0.4, 0.5) is 0 Å². The van der Waals surface area contributed by atoms with Gasteiger partial charge in [-0.05, 0) is 30.2 Å². The van der Waals surface area contributed by atoms with Gasteiger partial charge in [0.25, 0.3) is 5.91 Å². The molecule has 0 bridgehead atoms. The maximum Gasteiger partial charge on any atom is 0.361 e. The van der Waals surface area contributed by atoms with Crippen LogP contribution in [0.3, 0.4) is 0 Å². The molecular weight excluding hydrogens is 460 g/mol. The quantitative estimate of drug-likeness (QED) is 0.229. The number of hydrogen-bond acceptors (Lipinski definition) is 6. The third-order valence-electron chi connectivity index (χ3n) is 5.35. The Morgan fingerprint density at radius 3 is 2.34 bits per heavy atom. The van der Waals surface area contributed by atoms with Gasteiger partial charge in [0.2, 0.25) is 0 Å². The Morgan fingerprint density at radius 1 is 1.00 bits per heavy atom. The summed E-state index contributed by atoms with van der Waals surface area (Å²) in [5.41, 5.74) is 3.16. The van der Waals surface area contributed by atoms with Gasteiger partial charge >= 0.3 is 5.97 Å². The van der Waals surface area contributed by atoms with E-state index in [1.807, 2.05) is 48.5 Å². The number of nitrogens with zero attached hydrogens (tertiary/aromatic N) is 4. The van der Waals surface area contributed by atoms with Gasteiger partial charge in [-0.25, -0.2) is 4.79 Å². The Kier molecular flexibility index (Phi) is 8.58. The van der Waals surface area contributed by atoms with E-state index >= 15 is 0 Å². The predicted octanol–water partition coefficient (Wildman–Crippen LogP) is 4.80. The minimum absolute atomic E-state index is 0.0564. The molecule has 9 heteroatoms. The number of aromatic nitrogens is 3. The molecule has 186 valence electrons. The number of carbonyl (C=O) groups is 2. The summed E-state index contributed by atoms with van der Waals surface area (Å²) >= 11 is 0. The van der Waals surface area contributed by atoms with Crippen LogP contribution >= 0.6 is 0 Å². The summed E-state index contributed by atoms with van der Waals surface area (Å²) in [7, 11) is 2.14. The lowest BCUT2D eigenvalue weighted by molar-refractivity contribution is 0.0507. The van der Waals surface area contributed by atoms with Crippen molar-refractivity contribution in [2.24, 2.45) is 0 Å². The average molecular weight is 495 g/mol. The maximum atomic E-state index is 13.2. The van der Waals surface area contributed by atoms with E-state index in [1.54, 1.807) is 21.0 Å². The third-order valence-corrected chi connectivity index (χ3v) is 7.05. The maximum absolute atomic E-state index is 13.2. The van der Waals surface area contributed by atoms with E-state index in [2.05, 4.69) is 29.8 Å². The number of amides is 1. The number of benzene rings is 2. The second kappa shape index (κ2) is 11.4. The molecule has 1 aromatic heterocycles. The van der Waals surface area contributed by atoms with Gasteiger partial charge in [0.05, 0.1) is 6.61 Å². The molecule has 0 aliphatic rings. The van der Waals surface area contributed by atoms with Crippen molar-refractivity contribution in [3.63, 3.8) is 0 Å². The van der Waals surface area contributed by atoms with E-state index in [4.69, 9.17) is 9.47 Å². The lowest BCUT2D eigenvalue weighted by Crippen LogP contribution is -2.22. The molecule has 1 heterocycles. The van der Waals surface area contributed by atoms with Crippen LogP contribution in [0.15, 0.2) is 48.5 Å². The van der Waals surface area contributed by atoms with Gasteiger partial charge in [-0.2, -0.15) is 9.90 Å². The highest BCUT2D eigenvalue weighted by molar-refractivity contribution is 6.76. The van der Waals surface area contributed by atoms with Crippen LogP contribution in [0, 0.1) is 0 Å². The van der Waals surface area contributed by atoms with Crippen molar-refractivity contribution in [2.45, 2.75) is 39.3 Å². The average Bonchev–Trinajstić information content (AvgIpc) is 3.25. The van der Waals surface area contributed by atoms with Crippen molar-refractivity contribution < 1.29 is 19.1 Å². The Morgan fingerprint density at radius 2 is 1.71 bits per heavy atom. The Labute approximate surface area is 207 Å². The van der Waals surface area contributed by atoms with Crippen LogP contribution in [-0.2, 0) is 16.2 Å². The van der Waals surface area contributed by atoms with Crippen LogP contribution in [-0.4, -0.2) is 67.2 Å². The molecule has 0 spiro atoms. The molecule has 0 saturated carbocycles. The standard InChI is InChI=1S/C26H34N4O4Si/c1-7-34-26(32)24-23(27-30(28-24)18-33-15-16-35(4,5)6)21-14-13-20(19-11-9-8-10-12-19)17-22(21)25(31)29(2)3/h8-14,17H,7,15-16,18H2,1-6H3. The molecule has 2 aromatic carbocycles. The van der Waals surface area contributed by atoms with Crippen LogP contribution in [0.1, 0.15) is 27.8 Å². The molecule has 0 fully saturated rings. The summed E-state index contributed by atoms with van der Waals surface area (Å²) in [6.07, 6.45) is 0. The summed E-state index contributed by atoms with van der Waals surface area (Å²) in [5.74, 6) is -0.792.